The van der Waals surface area contributed by atoms with E-state index in [-0.39, 0.29) is 18.2 Å². The fraction of sp³-hybridized carbons (Fsp3) is 0.500. The minimum atomic E-state index is -0.792. The molecule has 1 amide bonds. The Hall–Kier alpha value is -2.83. The minimum absolute atomic E-state index is 0.137. The smallest absolute Gasteiger partial charge is 0.303 e. The third kappa shape index (κ3) is 5.59. The van der Waals surface area contributed by atoms with E-state index in [9.17, 15) is 9.59 Å². The average molecular weight is 399 g/mol. The minimum Gasteiger partial charge on any atom is -0.489 e. The summed E-state index contributed by atoms with van der Waals surface area (Å²) in [7, 11) is 0. The van der Waals surface area contributed by atoms with Gasteiger partial charge in [-0.2, -0.15) is 5.10 Å². The first-order valence-corrected chi connectivity index (χ1v) is 10.2. The van der Waals surface area contributed by atoms with Gasteiger partial charge in [0, 0.05) is 19.5 Å². The molecule has 1 saturated heterocycles. The number of ether oxygens (including phenoxy) is 1. The normalized spacial score (nSPS) is 16.8. The molecule has 1 aliphatic heterocycles. The van der Waals surface area contributed by atoms with Crippen molar-refractivity contribution < 1.29 is 19.4 Å². The number of hydrogen-bond donors (Lipinski definition) is 1. The molecule has 0 radical (unpaired) electrons. The topological polar surface area (TPSA) is 84.7 Å². The molecule has 0 saturated carbocycles. The Morgan fingerprint density at radius 1 is 1.28 bits per heavy atom. The first kappa shape index (κ1) is 20.9. The van der Waals surface area contributed by atoms with E-state index in [1.165, 1.54) is 0 Å². The second kappa shape index (κ2) is 9.58. The number of carboxylic acid groups (broad SMARTS) is 1. The van der Waals surface area contributed by atoms with E-state index in [2.05, 4.69) is 18.9 Å². The van der Waals surface area contributed by atoms with Crippen LogP contribution in [0.25, 0.3) is 5.69 Å². The lowest BCUT2D eigenvalue weighted by molar-refractivity contribution is -0.137. The number of carbonyl (C=O) groups excluding carboxylic acids is 1. The second-order valence-electron chi connectivity index (χ2n) is 8.02. The van der Waals surface area contributed by atoms with Crippen LogP contribution in [-0.4, -0.2) is 51.4 Å². The Kier molecular flexibility index (Phi) is 6.90. The van der Waals surface area contributed by atoms with Gasteiger partial charge in [0.2, 0.25) is 0 Å². The lowest BCUT2D eigenvalue weighted by Gasteiger charge is -2.32. The van der Waals surface area contributed by atoms with Crippen molar-refractivity contribution in [2.24, 2.45) is 11.8 Å². The van der Waals surface area contributed by atoms with Crippen molar-refractivity contribution in [3.63, 3.8) is 0 Å². The van der Waals surface area contributed by atoms with Crippen LogP contribution in [0, 0.1) is 11.8 Å². The van der Waals surface area contributed by atoms with Gasteiger partial charge >= 0.3 is 5.97 Å². The van der Waals surface area contributed by atoms with Gasteiger partial charge in [-0.3, -0.25) is 9.59 Å². The highest BCUT2D eigenvalue weighted by Gasteiger charge is 2.29. The SMILES string of the molecule is CC(C)COc1cn(-c2ccccc2)nc1C(=O)N1CCCC(CCC(=O)O)C1. The number of carboxylic acids is 1. The average Bonchev–Trinajstić information content (AvgIpc) is 3.15. The van der Waals surface area contributed by atoms with E-state index in [1.54, 1.807) is 15.8 Å². The number of likely N-dealkylation sites (tertiary alicyclic amines) is 1. The summed E-state index contributed by atoms with van der Waals surface area (Å²) < 4.78 is 7.59. The van der Waals surface area contributed by atoms with Crippen LogP contribution >= 0.6 is 0 Å². The summed E-state index contributed by atoms with van der Waals surface area (Å²) in [4.78, 5) is 25.9. The van der Waals surface area contributed by atoms with Gasteiger partial charge in [0.05, 0.1) is 18.5 Å². The third-order valence-corrected chi connectivity index (χ3v) is 5.05. The predicted octanol–water partition coefficient (Wildman–Crippen LogP) is 3.62. The van der Waals surface area contributed by atoms with E-state index >= 15 is 0 Å². The first-order valence-electron chi connectivity index (χ1n) is 10.2. The van der Waals surface area contributed by atoms with Crippen LogP contribution in [-0.2, 0) is 4.79 Å². The standard InChI is InChI=1S/C22H29N3O4/c1-16(2)15-29-19-14-25(18-8-4-3-5-9-18)23-21(19)22(28)24-12-6-7-17(13-24)10-11-20(26)27/h3-5,8-9,14,16-17H,6-7,10-13,15H2,1-2H3,(H,26,27). The van der Waals surface area contributed by atoms with Crippen LogP contribution in [0.2, 0.25) is 0 Å². The molecular formula is C22H29N3O4. The van der Waals surface area contributed by atoms with Crippen LogP contribution in [0.1, 0.15) is 50.0 Å². The van der Waals surface area contributed by atoms with Crippen molar-refractivity contribution >= 4 is 11.9 Å². The Morgan fingerprint density at radius 2 is 2.03 bits per heavy atom. The van der Waals surface area contributed by atoms with Gasteiger partial charge in [-0.1, -0.05) is 32.0 Å². The van der Waals surface area contributed by atoms with Gasteiger partial charge < -0.3 is 14.7 Å². The summed E-state index contributed by atoms with van der Waals surface area (Å²) in [6.07, 6.45) is 4.31. The van der Waals surface area contributed by atoms with Gasteiger partial charge in [-0.25, -0.2) is 4.68 Å². The number of amides is 1. The van der Waals surface area contributed by atoms with E-state index in [4.69, 9.17) is 9.84 Å². The van der Waals surface area contributed by atoms with Crippen molar-refractivity contribution in [3.8, 4) is 11.4 Å². The Morgan fingerprint density at radius 3 is 2.72 bits per heavy atom. The zero-order chi connectivity index (χ0) is 20.8. The molecule has 0 bridgehead atoms. The zero-order valence-corrected chi connectivity index (χ0v) is 17.1. The molecule has 1 N–H and O–H groups in total. The highest BCUT2D eigenvalue weighted by atomic mass is 16.5. The summed E-state index contributed by atoms with van der Waals surface area (Å²) in [6, 6.07) is 9.63. The lowest BCUT2D eigenvalue weighted by atomic mass is 9.93. The predicted molar refractivity (Wildman–Crippen MR) is 109 cm³/mol. The van der Waals surface area contributed by atoms with Crippen LogP contribution < -0.4 is 4.74 Å². The van der Waals surface area contributed by atoms with Crippen molar-refractivity contribution in [2.45, 2.75) is 39.5 Å². The number of rotatable bonds is 8. The molecule has 1 fully saturated rings. The zero-order valence-electron chi connectivity index (χ0n) is 17.1. The molecule has 7 nitrogen and oxygen atoms in total. The molecule has 1 aromatic carbocycles. The summed E-state index contributed by atoms with van der Waals surface area (Å²) in [5, 5.41) is 13.5. The maximum Gasteiger partial charge on any atom is 0.303 e. The number of aliphatic carboxylic acids is 1. The van der Waals surface area contributed by atoms with Crippen molar-refractivity contribution in [2.75, 3.05) is 19.7 Å². The molecule has 0 aliphatic carbocycles. The van der Waals surface area contributed by atoms with Gasteiger partial charge in [0.15, 0.2) is 11.4 Å². The Labute approximate surface area is 171 Å². The van der Waals surface area contributed by atoms with E-state index in [0.29, 0.717) is 43.5 Å². The quantitative estimate of drug-likeness (QED) is 0.733. The van der Waals surface area contributed by atoms with E-state index < -0.39 is 5.97 Å². The lowest BCUT2D eigenvalue weighted by Crippen LogP contribution is -2.40. The van der Waals surface area contributed by atoms with E-state index in [0.717, 1.165) is 18.5 Å². The number of carbonyl (C=O) groups is 2. The Balaban J connectivity index is 1.80. The maximum absolute atomic E-state index is 13.2. The molecule has 156 valence electrons. The molecule has 1 aliphatic rings. The summed E-state index contributed by atoms with van der Waals surface area (Å²) >= 11 is 0. The van der Waals surface area contributed by atoms with Crippen molar-refractivity contribution in [1.82, 2.24) is 14.7 Å². The fourth-order valence-electron chi connectivity index (χ4n) is 3.54. The summed E-state index contributed by atoms with van der Waals surface area (Å²) in [6.45, 7) is 5.84. The number of nitrogens with zero attached hydrogens (tertiary/aromatic N) is 3. The highest BCUT2D eigenvalue weighted by Crippen LogP contribution is 2.26. The first-order chi connectivity index (χ1) is 13.9. The van der Waals surface area contributed by atoms with Gasteiger partial charge in [-0.05, 0) is 43.2 Å². The molecule has 1 aromatic heterocycles. The van der Waals surface area contributed by atoms with E-state index in [1.807, 2.05) is 30.3 Å². The molecule has 2 aromatic rings. The molecule has 1 unspecified atom stereocenters. The van der Waals surface area contributed by atoms with Gasteiger partial charge in [0.25, 0.3) is 5.91 Å². The molecule has 29 heavy (non-hydrogen) atoms. The van der Waals surface area contributed by atoms with Crippen molar-refractivity contribution in [1.29, 1.82) is 0 Å². The number of piperidine rings is 1. The molecule has 7 heteroatoms. The molecule has 0 spiro atoms. The molecule has 3 rings (SSSR count). The summed E-state index contributed by atoms with van der Waals surface area (Å²) in [5.41, 5.74) is 1.17. The fourth-order valence-corrected chi connectivity index (χ4v) is 3.54. The molecule has 2 heterocycles. The number of hydrogen-bond acceptors (Lipinski definition) is 4. The van der Waals surface area contributed by atoms with Crippen LogP contribution in [0.4, 0.5) is 0 Å². The van der Waals surface area contributed by atoms with Crippen LogP contribution in [0.3, 0.4) is 0 Å². The maximum atomic E-state index is 13.2. The van der Waals surface area contributed by atoms with Gasteiger partial charge in [0.1, 0.15) is 0 Å². The van der Waals surface area contributed by atoms with Gasteiger partial charge in [-0.15, -0.1) is 0 Å². The van der Waals surface area contributed by atoms with Crippen LogP contribution in [0.5, 0.6) is 5.75 Å². The largest absolute Gasteiger partial charge is 0.489 e. The van der Waals surface area contributed by atoms with Crippen LogP contribution in [0.15, 0.2) is 36.5 Å². The monoisotopic (exact) mass is 399 g/mol. The molecule has 1 atom stereocenters. The molecular weight excluding hydrogens is 370 g/mol. The van der Waals surface area contributed by atoms with Crippen molar-refractivity contribution in [3.05, 3.63) is 42.2 Å². The summed E-state index contributed by atoms with van der Waals surface area (Å²) in [5.74, 6) is 0.0755. The highest BCUT2D eigenvalue weighted by molar-refractivity contribution is 5.95. The number of aromatic nitrogens is 2. The second-order valence-corrected chi connectivity index (χ2v) is 8.02. The third-order valence-electron chi connectivity index (χ3n) is 5.05. The number of para-hydroxylation sites is 1. The number of benzene rings is 1. The Bertz CT molecular complexity index is 832.